The van der Waals surface area contributed by atoms with Gasteiger partial charge in [0.05, 0.1) is 24.3 Å². The molecule has 160 valence electrons. The number of amides is 1. The summed E-state index contributed by atoms with van der Waals surface area (Å²) in [5.41, 5.74) is 2.28. The summed E-state index contributed by atoms with van der Waals surface area (Å²) < 4.78 is 5.20. The van der Waals surface area contributed by atoms with Crippen molar-refractivity contribution in [3.05, 3.63) is 74.6 Å². The summed E-state index contributed by atoms with van der Waals surface area (Å²) >= 11 is 1.63. The van der Waals surface area contributed by atoms with E-state index >= 15 is 0 Å². The molecule has 2 heterocycles. The zero-order valence-corrected chi connectivity index (χ0v) is 17.9. The molecule has 3 aromatic rings. The minimum absolute atomic E-state index is 0.0686. The van der Waals surface area contributed by atoms with E-state index in [2.05, 4.69) is 10.3 Å². The number of benzene rings is 2. The predicted molar refractivity (Wildman–Crippen MR) is 118 cm³/mol. The quantitative estimate of drug-likeness (QED) is 0.431. The van der Waals surface area contributed by atoms with Crippen LogP contribution in [0.15, 0.2) is 53.9 Å². The average molecular weight is 439 g/mol. The number of non-ortho nitro benzene ring substituents is 1. The van der Waals surface area contributed by atoms with Gasteiger partial charge in [0, 0.05) is 54.8 Å². The lowest BCUT2D eigenvalue weighted by molar-refractivity contribution is -0.384. The van der Waals surface area contributed by atoms with Gasteiger partial charge in [-0.05, 0) is 30.3 Å². The summed E-state index contributed by atoms with van der Waals surface area (Å²) in [4.78, 5) is 32.0. The molecule has 0 saturated carbocycles. The van der Waals surface area contributed by atoms with Crippen molar-refractivity contribution >= 4 is 22.9 Å². The van der Waals surface area contributed by atoms with Crippen LogP contribution >= 0.6 is 11.3 Å². The van der Waals surface area contributed by atoms with Gasteiger partial charge in [-0.2, -0.15) is 0 Å². The highest BCUT2D eigenvalue weighted by Crippen LogP contribution is 2.25. The molecule has 31 heavy (non-hydrogen) atoms. The summed E-state index contributed by atoms with van der Waals surface area (Å²) in [6, 6.07) is 13.7. The van der Waals surface area contributed by atoms with Crippen LogP contribution in [0.2, 0.25) is 0 Å². The highest BCUT2D eigenvalue weighted by atomic mass is 32.1. The van der Waals surface area contributed by atoms with E-state index in [4.69, 9.17) is 9.72 Å². The summed E-state index contributed by atoms with van der Waals surface area (Å²) in [5, 5.41) is 14.0. The van der Waals surface area contributed by atoms with Crippen LogP contribution in [0.25, 0.3) is 11.3 Å². The fourth-order valence-electron chi connectivity index (χ4n) is 3.51. The molecule has 4 rings (SSSR count). The molecule has 0 N–H and O–H groups in total. The van der Waals surface area contributed by atoms with Gasteiger partial charge >= 0.3 is 0 Å². The maximum atomic E-state index is 12.7. The lowest BCUT2D eigenvalue weighted by atomic mass is 10.1. The first-order valence-electron chi connectivity index (χ1n) is 9.88. The number of methoxy groups -OCH3 is 1. The molecule has 1 amide bonds. The van der Waals surface area contributed by atoms with Gasteiger partial charge in [0.25, 0.3) is 11.6 Å². The Labute approximate surface area is 183 Å². The third kappa shape index (κ3) is 4.89. The molecule has 0 radical (unpaired) electrons. The molecule has 1 aromatic heterocycles. The van der Waals surface area contributed by atoms with Crippen molar-refractivity contribution in [2.24, 2.45) is 0 Å². The number of aromatic nitrogens is 1. The van der Waals surface area contributed by atoms with Crippen molar-refractivity contribution in [3.63, 3.8) is 0 Å². The fraction of sp³-hybridized carbons (Fsp3) is 0.273. The number of hydrogen-bond donors (Lipinski definition) is 0. The Balaban J connectivity index is 1.33. The summed E-state index contributed by atoms with van der Waals surface area (Å²) in [6.45, 7) is 3.37. The number of piperazine rings is 1. The Morgan fingerprint density at radius 3 is 2.58 bits per heavy atom. The Hall–Kier alpha value is -3.30. The summed E-state index contributed by atoms with van der Waals surface area (Å²) in [7, 11) is 1.65. The number of carbonyl (C=O) groups is 1. The fourth-order valence-corrected chi connectivity index (χ4v) is 4.36. The smallest absolute Gasteiger partial charge is 0.270 e. The van der Waals surface area contributed by atoms with E-state index in [-0.39, 0.29) is 11.6 Å². The number of nitro groups is 1. The highest BCUT2D eigenvalue weighted by Gasteiger charge is 2.24. The summed E-state index contributed by atoms with van der Waals surface area (Å²) in [5.74, 6) is 0.649. The molecular weight excluding hydrogens is 416 g/mol. The molecule has 9 heteroatoms. The average Bonchev–Trinajstić information content (AvgIpc) is 3.27. The number of nitrogens with zero attached hydrogens (tertiary/aromatic N) is 4. The van der Waals surface area contributed by atoms with Crippen molar-refractivity contribution in [2.45, 2.75) is 6.54 Å². The Morgan fingerprint density at radius 2 is 1.90 bits per heavy atom. The van der Waals surface area contributed by atoms with Crippen molar-refractivity contribution in [3.8, 4) is 17.0 Å². The molecule has 0 atom stereocenters. The Bertz CT molecular complexity index is 1080. The molecule has 2 aromatic carbocycles. The van der Waals surface area contributed by atoms with Crippen LogP contribution in [0, 0.1) is 10.1 Å². The number of ether oxygens (including phenoxy) is 1. The topological polar surface area (TPSA) is 88.8 Å². The van der Waals surface area contributed by atoms with Gasteiger partial charge in [0.15, 0.2) is 0 Å². The number of carbonyl (C=O) groups excluding carboxylic acids is 1. The van der Waals surface area contributed by atoms with E-state index in [0.717, 1.165) is 41.6 Å². The molecule has 1 aliphatic heterocycles. The van der Waals surface area contributed by atoms with Gasteiger partial charge < -0.3 is 9.64 Å². The molecule has 1 fully saturated rings. The molecule has 0 spiro atoms. The molecule has 0 bridgehead atoms. The van der Waals surface area contributed by atoms with Crippen LogP contribution < -0.4 is 4.74 Å². The third-order valence-corrected chi connectivity index (χ3v) is 6.09. The zero-order valence-electron chi connectivity index (χ0n) is 17.1. The second kappa shape index (κ2) is 9.23. The molecule has 0 unspecified atom stereocenters. The number of thiazole rings is 1. The van der Waals surface area contributed by atoms with E-state index in [9.17, 15) is 14.9 Å². The number of hydrogen-bond acceptors (Lipinski definition) is 7. The van der Waals surface area contributed by atoms with Crippen molar-refractivity contribution in [2.75, 3.05) is 33.3 Å². The maximum Gasteiger partial charge on any atom is 0.270 e. The normalized spacial score (nSPS) is 14.4. The van der Waals surface area contributed by atoms with Gasteiger partial charge in [0.1, 0.15) is 10.8 Å². The maximum absolute atomic E-state index is 12.7. The van der Waals surface area contributed by atoms with E-state index in [1.54, 1.807) is 35.5 Å². The third-order valence-electron chi connectivity index (χ3n) is 5.26. The largest absolute Gasteiger partial charge is 0.497 e. The second-order valence-electron chi connectivity index (χ2n) is 7.23. The predicted octanol–water partition coefficient (Wildman–Crippen LogP) is 3.68. The molecule has 1 saturated heterocycles. The van der Waals surface area contributed by atoms with Crippen LogP contribution in [0.4, 0.5) is 5.69 Å². The van der Waals surface area contributed by atoms with Crippen LogP contribution in [0.1, 0.15) is 15.4 Å². The van der Waals surface area contributed by atoms with Crippen molar-refractivity contribution in [1.29, 1.82) is 0 Å². The van der Waals surface area contributed by atoms with Gasteiger partial charge in [-0.15, -0.1) is 11.3 Å². The van der Waals surface area contributed by atoms with Gasteiger partial charge in [-0.25, -0.2) is 4.98 Å². The first-order chi connectivity index (χ1) is 15.0. The second-order valence-corrected chi connectivity index (χ2v) is 8.17. The minimum Gasteiger partial charge on any atom is -0.497 e. The summed E-state index contributed by atoms with van der Waals surface area (Å²) in [6.07, 6.45) is 0. The van der Waals surface area contributed by atoms with Crippen molar-refractivity contribution in [1.82, 2.24) is 14.8 Å². The first-order valence-corrected chi connectivity index (χ1v) is 10.8. The lowest BCUT2D eigenvalue weighted by Gasteiger charge is -2.34. The standard InChI is InChI=1S/C22H22N4O4S/c1-30-19-7-5-16(6-8-19)20-15-31-21(23-20)14-24-9-11-25(12-10-24)22(27)17-3-2-4-18(13-17)26(28)29/h2-8,13,15H,9-12,14H2,1H3. The molecule has 1 aliphatic rings. The number of rotatable bonds is 6. The SMILES string of the molecule is COc1ccc(-c2csc(CN3CCN(C(=O)c4cccc([N+](=O)[O-])c4)CC3)n2)cc1. The Kier molecular flexibility index (Phi) is 6.24. The number of nitro benzene ring substituents is 1. The van der Waals surface area contributed by atoms with E-state index in [1.165, 1.54) is 12.1 Å². The van der Waals surface area contributed by atoms with Crippen LogP contribution in [0.3, 0.4) is 0 Å². The molecule has 0 aliphatic carbocycles. The van der Waals surface area contributed by atoms with Gasteiger partial charge in [-0.1, -0.05) is 6.07 Å². The molecule has 8 nitrogen and oxygen atoms in total. The van der Waals surface area contributed by atoms with E-state index in [1.807, 2.05) is 24.3 Å². The monoisotopic (exact) mass is 438 g/mol. The van der Waals surface area contributed by atoms with Gasteiger partial charge in [-0.3, -0.25) is 19.8 Å². The van der Waals surface area contributed by atoms with Crippen LogP contribution in [-0.2, 0) is 6.54 Å². The van der Waals surface area contributed by atoms with E-state index in [0.29, 0.717) is 18.7 Å². The zero-order chi connectivity index (χ0) is 21.8. The first kappa shape index (κ1) is 21.0. The minimum atomic E-state index is -0.483. The lowest BCUT2D eigenvalue weighted by Crippen LogP contribution is -2.48. The van der Waals surface area contributed by atoms with Crippen LogP contribution in [-0.4, -0.2) is 58.9 Å². The molecular formula is C22H22N4O4S. The van der Waals surface area contributed by atoms with Gasteiger partial charge in [0.2, 0.25) is 0 Å². The Morgan fingerprint density at radius 1 is 1.16 bits per heavy atom. The van der Waals surface area contributed by atoms with Crippen LogP contribution in [0.5, 0.6) is 5.75 Å². The highest BCUT2D eigenvalue weighted by molar-refractivity contribution is 7.09. The van der Waals surface area contributed by atoms with Crippen molar-refractivity contribution < 1.29 is 14.5 Å². The van der Waals surface area contributed by atoms with E-state index < -0.39 is 4.92 Å².